The van der Waals surface area contributed by atoms with Crippen LogP contribution >= 0.6 is 0 Å². The summed E-state index contributed by atoms with van der Waals surface area (Å²) < 4.78 is 10.3. The number of hydrogen-bond donors (Lipinski definition) is 3. The number of methoxy groups -OCH3 is 1. The number of carbonyl (C=O) groups excluding carboxylic acids is 3. The van der Waals surface area contributed by atoms with Crippen LogP contribution in [0.3, 0.4) is 0 Å². The van der Waals surface area contributed by atoms with Gasteiger partial charge < -0.3 is 30.1 Å². The van der Waals surface area contributed by atoms with Crippen molar-refractivity contribution in [3.8, 4) is 5.75 Å². The minimum absolute atomic E-state index is 0.455. The highest BCUT2D eigenvalue weighted by atomic mass is 16.6. The summed E-state index contributed by atoms with van der Waals surface area (Å²) >= 11 is 0. The zero-order valence-corrected chi connectivity index (χ0v) is 21.3. The number of likely N-dealkylation sites (N-methyl/N-ethyl adjacent to an activating group) is 1. The van der Waals surface area contributed by atoms with Gasteiger partial charge in [0.25, 0.3) is 5.91 Å². The van der Waals surface area contributed by atoms with Crippen LogP contribution < -0.4 is 15.4 Å². The van der Waals surface area contributed by atoms with E-state index in [1.54, 1.807) is 58.2 Å². The van der Waals surface area contributed by atoms with Gasteiger partial charge >= 0.3 is 6.09 Å². The van der Waals surface area contributed by atoms with Gasteiger partial charge in [0.05, 0.1) is 13.7 Å². The summed E-state index contributed by atoms with van der Waals surface area (Å²) in [7, 11) is 3.00. The minimum Gasteiger partial charge on any atom is -0.497 e. The van der Waals surface area contributed by atoms with Gasteiger partial charge in [-0.05, 0) is 75.6 Å². The first-order valence-electron chi connectivity index (χ1n) is 11.3. The molecule has 0 bridgehead atoms. The number of ether oxygens (including phenoxy) is 2. The number of aryl methyl sites for hydroxylation is 2. The average molecular weight is 486 g/mol. The second-order valence-corrected chi connectivity index (χ2v) is 9.29. The lowest BCUT2D eigenvalue weighted by molar-refractivity contribution is -0.139. The molecule has 0 aromatic heterocycles. The van der Waals surface area contributed by atoms with Crippen LogP contribution in [0, 0.1) is 13.8 Å². The van der Waals surface area contributed by atoms with E-state index >= 15 is 0 Å². The highest BCUT2D eigenvalue weighted by Gasteiger charge is 2.34. The maximum absolute atomic E-state index is 13.4. The molecule has 0 aliphatic carbocycles. The standard InChI is InChI=1S/C26H35N3O6/c1-16-8-9-18(14-17(16)2)22(23(31)27-19-10-12-20(34-7)13-11-19)29(6)24(32)21(15-30)28-25(33)35-26(3,4)5/h8-14,21-22,30H,15H2,1-7H3,(H,27,31)(H,28,33). The largest absolute Gasteiger partial charge is 0.497 e. The summed E-state index contributed by atoms with van der Waals surface area (Å²) in [5, 5.41) is 15.0. The molecular weight excluding hydrogens is 450 g/mol. The number of amides is 3. The van der Waals surface area contributed by atoms with Gasteiger partial charge in [-0.1, -0.05) is 18.2 Å². The first-order chi connectivity index (χ1) is 16.4. The van der Waals surface area contributed by atoms with E-state index < -0.39 is 42.2 Å². The first-order valence-corrected chi connectivity index (χ1v) is 11.3. The molecule has 35 heavy (non-hydrogen) atoms. The Morgan fingerprint density at radius 3 is 2.17 bits per heavy atom. The van der Waals surface area contributed by atoms with Crippen LogP contribution in [-0.4, -0.2) is 60.3 Å². The Labute approximate surface area is 206 Å². The predicted octanol–water partition coefficient (Wildman–Crippen LogP) is 3.34. The second-order valence-electron chi connectivity index (χ2n) is 9.29. The fraction of sp³-hybridized carbons (Fsp3) is 0.423. The topological polar surface area (TPSA) is 117 Å². The van der Waals surface area contributed by atoms with Crippen molar-refractivity contribution >= 4 is 23.6 Å². The van der Waals surface area contributed by atoms with Crippen LogP contribution in [0.25, 0.3) is 0 Å². The molecule has 3 amide bonds. The summed E-state index contributed by atoms with van der Waals surface area (Å²) in [6.07, 6.45) is -0.844. The molecule has 190 valence electrons. The Bertz CT molecular complexity index is 1050. The fourth-order valence-electron chi connectivity index (χ4n) is 3.38. The van der Waals surface area contributed by atoms with Crippen molar-refractivity contribution in [2.75, 3.05) is 26.1 Å². The van der Waals surface area contributed by atoms with E-state index in [0.717, 1.165) is 11.1 Å². The van der Waals surface area contributed by atoms with Gasteiger partial charge in [-0.15, -0.1) is 0 Å². The van der Waals surface area contributed by atoms with Crippen molar-refractivity contribution < 1.29 is 29.0 Å². The monoisotopic (exact) mass is 485 g/mol. The molecular formula is C26H35N3O6. The van der Waals surface area contributed by atoms with Crippen molar-refractivity contribution in [1.29, 1.82) is 0 Å². The predicted molar refractivity (Wildman–Crippen MR) is 133 cm³/mol. The Balaban J connectivity index is 2.34. The van der Waals surface area contributed by atoms with E-state index in [0.29, 0.717) is 17.0 Å². The van der Waals surface area contributed by atoms with Crippen molar-refractivity contribution in [2.45, 2.75) is 52.3 Å². The van der Waals surface area contributed by atoms with Gasteiger partial charge in [-0.2, -0.15) is 0 Å². The molecule has 9 heteroatoms. The van der Waals surface area contributed by atoms with Gasteiger partial charge in [0.2, 0.25) is 5.91 Å². The lowest BCUT2D eigenvalue weighted by Crippen LogP contribution is -2.52. The quantitative estimate of drug-likeness (QED) is 0.528. The van der Waals surface area contributed by atoms with Gasteiger partial charge in [0.15, 0.2) is 0 Å². The summed E-state index contributed by atoms with van der Waals surface area (Å²) in [5.74, 6) is -0.463. The van der Waals surface area contributed by atoms with Crippen molar-refractivity contribution in [1.82, 2.24) is 10.2 Å². The summed E-state index contributed by atoms with van der Waals surface area (Å²) in [6.45, 7) is 8.27. The first kappa shape index (κ1) is 27.7. The third-order valence-electron chi connectivity index (χ3n) is 5.36. The molecule has 0 saturated heterocycles. The number of hydrogen-bond acceptors (Lipinski definition) is 6. The molecule has 0 heterocycles. The number of anilines is 1. The highest BCUT2D eigenvalue weighted by molar-refractivity contribution is 5.99. The van der Waals surface area contributed by atoms with Crippen LogP contribution in [0.2, 0.25) is 0 Å². The summed E-state index contributed by atoms with van der Waals surface area (Å²) in [4.78, 5) is 40.1. The van der Waals surface area contributed by atoms with Crippen LogP contribution in [0.4, 0.5) is 10.5 Å². The van der Waals surface area contributed by atoms with Crippen molar-refractivity contribution in [2.24, 2.45) is 0 Å². The molecule has 2 aromatic carbocycles. The van der Waals surface area contributed by atoms with Crippen LogP contribution in [0.1, 0.15) is 43.5 Å². The number of nitrogens with zero attached hydrogens (tertiary/aromatic N) is 1. The molecule has 9 nitrogen and oxygen atoms in total. The molecule has 2 unspecified atom stereocenters. The molecule has 0 spiro atoms. The molecule has 3 N–H and O–H groups in total. The normalized spacial score (nSPS) is 12.8. The molecule has 0 saturated carbocycles. The Hall–Kier alpha value is -3.59. The minimum atomic E-state index is -1.29. The number of aliphatic hydroxyl groups is 1. The number of aliphatic hydroxyl groups excluding tert-OH is 1. The fourth-order valence-corrected chi connectivity index (χ4v) is 3.38. The number of nitrogens with one attached hydrogen (secondary N) is 2. The summed E-state index contributed by atoms with van der Waals surface area (Å²) in [6, 6.07) is 9.97. The zero-order valence-electron chi connectivity index (χ0n) is 21.3. The maximum atomic E-state index is 13.4. The third kappa shape index (κ3) is 7.71. The molecule has 0 aliphatic heterocycles. The van der Waals surface area contributed by atoms with Gasteiger partial charge in [0, 0.05) is 12.7 Å². The van der Waals surface area contributed by atoms with Gasteiger partial charge in [-0.3, -0.25) is 9.59 Å². The van der Waals surface area contributed by atoms with Crippen molar-refractivity contribution in [3.63, 3.8) is 0 Å². The third-order valence-corrected chi connectivity index (χ3v) is 5.36. The highest BCUT2D eigenvalue weighted by Crippen LogP contribution is 2.25. The van der Waals surface area contributed by atoms with E-state index in [9.17, 15) is 19.5 Å². The smallest absolute Gasteiger partial charge is 0.408 e. The lowest BCUT2D eigenvalue weighted by Gasteiger charge is -2.31. The van der Waals surface area contributed by atoms with E-state index in [-0.39, 0.29) is 0 Å². The SMILES string of the molecule is COc1ccc(NC(=O)C(c2ccc(C)c(C)c2)N(C)C(=O)C(CO)NC(=O)OC(C)(C)C)cc1. The average Bonchev–Trinajstić information content (AvgIpc) is 2.78. The Morgan fingerprint density at radius 2 is 1.66 bits per heavy atom. The molecule has 2 rings (SSSR count). The number of rotatable bonds is 8. The van der Waals surface area contributed by atoms with Gasteiger partial charge in [0.1, 0.15) is 23.4 Å². The number of benzene rings is 2. The van der Waals surface area contributed by atoms with E-state index in [1.165, 1.54) is 11.9 Å². The zero-order chi connectivity index (χ0) is 26.3. The molecule has 0 fully saturated rings. The molecule has 2 atom stereocenters. The lowest BCUT2D eigenvalue weighted by atomic mass is 9.99. The molecule has 0 aliphatic rings. The van der Waals surface area contributed by atoms with Gasteiger partial charge in [-0.25, -0.2) is 4.79 Å². The maximum Gasteiger partial charge on any atom is 0.408 e. The number of carbonyl (C=O) groups is 3. The van der Waals surface area contributed by atoms with Crippen molar-refractivity contribution in [3.05, 3.63) is 59.2 Å². The van der Waals surface area contributed by atoms with E-state index in [2.05, 4.69) is 10.6 Å². The second kappa shape index (κ2) is 11.7. The molecule has 2 aromatic rings. The Morgan fingerprint density at radius 1 is 1.03 bits per heavy atom. The Kier molecular flexibility index (Phi) is 9.25. The summed E-state index contributed by atoms with van der Waals surface area (Å²) in [5.41, 5.74) is 2.33. The van der Waals surface area contributed by atoms with E-state index in [1.807, 2.05) is 26.0 Å². The van der Waals surface area contributed by atoms with Crippen LogP contribution in [0.15, 0.2) is 42.5 Å². The molecule has 0 radical (unpaired) electrons. The van der Waals surface area contributed by atoms with Crippen LogP contribution in [0.5, 0.6) is 5.75 Å². The number of alkyl carbamates (subject to hydrolysis) is 1. The van der Waals surface area contributed by atoms with E-state index in [4.69, 9.17) is 9.47 Å². The van der Waals surface area contributed by atoms with Crippen LogP contribution in [-0.2, 0) is 14.3 Å².